The summed E-state index contributed by atoms with van der Waals surface area (Å²) in [5.74, 6) is -1.39. The van der Waals surface area contributed by atoms with Crippen molar-refractivity contribution in [1.82, 2.24) is 14.7 Å². The van der Waals surface area contributed by atoms with Crippen LogP contribution in [0.15, 0.2) is 0 Å². The molecule has 0 bridgehead atoms. The lowest BCUT2D eigenvalue weighted by Crippen LogP contribution is -2.49. The van der Waals surface area contributed by atoms with Gasteiger partial charge in [0.05, 0.1) is 6.54 Å². The first-order valence-electron chi connectivity index (χ1n) is 9.24. The summed E-state index contributed by atoms with van der Waals surface area (Å²) in [6.45, 7) is 3.80. The van der Waals surface area contributed by atoms with Crippen molar-refractivity contribution in [3.8, 4) is 0 Å². The normalized spacial score (nSPS) is 12.2. The van der Waals surface area contributed by atoms with E-state index in [0.717, 1.165) is 0 Å². The zero-order chi connectivity index (χ0) is 22.1. The molecule has 0 aliphatic carbocycles. The Morgan fingerprint density at radius 2 is 1.55 bits per heavy atom. The number of nitrogens with zero attached hydrogens (tertiary/aromatic N) is 3. The molecule has 0 amide bonds. The molecule has 0 saturated carbocycles. The molecular formula is C17H31N3O8S. The van der Waals surface area contributed by atoms with Crippen molar-refractivity contribution in [1.29, 1.82) is 0 Å². The third-order valence-corrected chi connectivity index (χ3v) is 4.54. The van der Waals surface area contributed by atoms with Crippen LogP contribution in [0.1, 0.15) is 19.8 Å². The molecule has 11 nitrogen and oxygen atoms in total. The van der Waals surface area contributed by atoms with Gasteiger partial charge in [-0.05, 0) is 25.1 Å². The number of carboxylic acids is 2. The van der Waals surface area contributed by atoms with Gasteiger partial charge in [0, 0.05) is 26.2 Å². The van der Waals surface area contributed by atoms with Crippen LogP contribution in [-0.2, 0) is 28.7 Å². The van der Waals surface area contributed by atoms with Crippen LogP contribution in [-0.4, -0.2) is 114 Å². The Kier molecular flexibility index (Phi) is 15.9. The van der Waals surface area contributed by atoms with Crippen LogP contribution in [0.5, 0.6) is 0 Å². The summed E-state index contributed by atoms with van der Waals surface area (Å²) in [6.07, 6.45) is 0.995. The van der Waals surface area contributed by atoms with Gasteiger partial charge in [-0.3, -0.25) is 29.0 Å². The van der Waals surface area contributed by atoms with E-state index >= 15 is 0 Å². The van der Waals surface area contributed by atoms with Gasteiger partial charge in [-0.2, -0.15) is 12.6 Å². The maximum Gasteiger partial charge on any atom is 0.320 e. The highest BCUT2D eigenvalue weighted by Crippen LogP contribution is 2.10. The highest BCUT2D eigenvalue weighted by Gasteiger charge is 2.26. The molecule has 29 heavy (non-hydrogen) atoms. The minimum atomic E-state index is -0.979. The number of carboxylic acid groups (broad SMARTS) is 2. The fourth-order valence-electron chi connectivity index (χ4n) is 2.69. The van der Waals surface area contributed by atoms with Gasteiger partial charge < -0.3 is 19.7 Å². The van der Waals surface area contributed by atoms with E-state index in [9.17, 15) is 24.3 Å². The lowest BCUT2D eigenvalue weighted by molar-refractivity contribution is -0.145. The summed E-state index contributed by atoms with van der Waals surface area (Å²) in [6, 6.07) is -0.772. The van der Waals surface area contributed by atoms with Crippen molar-refractivity contribution in [2.24, 2.45) is 0 Å². The molecule has 0 heterocycles. The highest BCUT2D eigenvalue weighted by molar-refractivity contribution is 7.80. The Morgan fingerprint density at radius 3 is 1.97 bits per heavy atom. The number of likely N-dealkylation sites (N-methyl/N-ethyl adjacent to an activating group) is 1. The van der Waals surface area contributed by atoms with Crippen molar-refractivity contribution in [2.75, 3.05) is 58.5 Å². The van der Waals surface area contributed by atoms with Crippen LogP contribution in [0.4, 0.5) is 0 Å². The molecular weight excluding hydrogens is 406 g/mol. The minimum absolute atomic E-state index is 0.111. The lowest BCUT2D eigenvalue weighted by atomic mass is 10.1. The Balaban J connectivity index is 5.14. The predicted octanol–water partition coefficient (Wildman–Crippen LogP) is -0.579. The van der Waals surface area contributed by atoms with Crippen LogP contribution in [0, 0.1) is 0 Å². The largest absolute Gasteiger partial charge is 0.480 e. The second-order valence-electron chi connectivity index (χ2n) is 6.20. The first kappa shape index (κ1) is 27.1. The number of aliphatic carboxylic acids is 2. The van der Waals surface area contributed by atoms with Crippen molar-refractivity contribution in [3.05, 3.63) is 0 Å². The van der Waals surface area contributed by atoms with Crippen LogP contribution < -0.4 is 0 Å². The van der Waals surface area contributed by atoms with Crippen molar-refractivity contribution in [3.63, 3.8) is 0 Å². The molecule has 2 N–H and O–H groups in total. The summed E-state index contributed by atoms with van der Waals surface area (Å²) in [5.41, 5.74) is 0. The van der Waals surface area contributed by atoms with Gasteiger partial charge in [-0.15, -0.1) is 0 Å². The lowest BCUT2D eigenvalue weighted by Gasteiger charge is -2.32. The number of rotatable bonds is 20. The van der Waals surface area contributed by atoms with Gasteiger partial charge in [0.15, 0.2) is 0 Å². The second-order valence-corrected chi connectivity index (χ2v) is 6.64. The van der Waals surface area contributed by atoms with Gasteiger partial charge in [-0.1, -0.05) is 6.92 Å². The molecule has 0 aliphatic rings. The van der Waals surface area contributed by atoms with Crippen molar-refractivity contribution < 1.29 is 38.9 Å². The van der Waals surface area contributed by atoms with E-state index in [4.69, 9.17) is 5.11 Å². The number of hydrogen-bond acceptors (Lipinski definition) is 10. The van der Waals surface area contributed by atoms with Gasteiger partial charge in [0.25, 0.3) is 12.9 Å². The fourth-order valence-corrected chi connectivity index (χ4v) is 2.87. The maximum atomic E-state index is 11.8. The molecule has 0 aromatic heterocycles. The monoisotopic (exact) mass is 437 g/mol. The summed E-state index contributed by atoms with van der Waals surface area (Å²) in [5, 5.41) is 18.6. The van der Waals surface area contributed by atoms with Crippen LogP contribution >= 0.6 is 12.6 Å². The highest BCUT2D eigenvalue weighted by atomic mass is 32.1. The Hall–Kier alpha value is -1.89. The zero-order valence-electron chi connectivity index (χ0n) is 16.6. The molecule has 12 heteroatoms. The quantitative estimate of drug-likeness (QED) is 0.128. The van der Waals surface area contributed by atoms with Gasteiger partial charge in [-0.25, -0.2) is 4.90 Å². The fraction of sp³-hybridized carbons (Fsp3) is 0.765. The first-order valence-corrected chi connectivity index (χ1v) is 9.87. The molecule has 0 fully saturated rings. The Morgan fingerprint density at radius 1 is 1.00 bits per heavy atom. The molecule has 168 valence electrons. The Labute approximate surface area is 175 Å². The molecule has 1 atom stereocenters. The standard InChI is InChI=1S/C17H31N3O8S/c1-2-18(10-16(23)24)5-7-20(15(17(25)26)4-3-9-29)8-6-19(11-27-13-21)12-28-14-22/h13-15,29H,2-12H2,1H3,(H,23,24)(H,25,26). The molecule has 0 saturated heterocycles. The van der Waals surface area contributed by atoms with E-state index < -0.39 is 18.0 Å². The number of ether oxygens (including phenoxy) is 2. The summed E-state index contributed by atoms with van der Waals surface area (Å²) in [4.78, 5) is 48.6. The molecule has 1 unspecified atom stereocenters. The second kappa shape index (κ2) is 17.0. The van der Waals surface area contributed by atoms with Gasteiger partial charge in [0.1, 0.15) is 19.5 Å². The molecule has 0 spiro atoms. The minimum Gasteiger partial charge on any atom is -0.480 e. The molecule has 0 radical (unpaired) electrons. The van der Waals surface area contributed by atoms with E-state index in [-0.39, 0.29) is 39.5 Å². The molecule has 0 aromatic rings. The van der Waals surface area contributed by atoms with Crippen LogP contribution in [0.2, 0.25) is 0 Å². The molecule has 0 aliphatic heterocycles. The SMILES string of the molecule is CCN(CCN(CCN(COC=O)COC=O)C(CCCS)C(=O)O)CC(=O)O. The third kappa shape index (κ3) is 13.0. The number of carbonyl (C=O) groups is 4. The number of hydrogen-bond donors (Lipinski definition) is 3. The van der Waals surface area contributed by atoms with Gasteiger partial charge in [0.2, 0.25) is 0 Å². The topological polar surface area (TPSA) is 137 Å². The third-order valence-electron chi connectivity index (χ3n) is 4.22. The van der Waals surface area contributed by atoms with Crippen molar-refractivity contribution >= 4 is 37.5 Å². The summed E-state index contributed by atoms with van der Waals surface area (Å²) in [7, 11) is 0. The summed E-state index contributed by atoms with van der Waals surface area (Å²) >= 11 is 4.14. The number of carbonyl (C=O) groups excluding carboxylic acids is 2. The Bertz CT molecular complexity index is 485. The van der Waals surface area contributed by atoms with E-state index in [1.807, 2.05) is 6.92 Å². The first-order chi connectivity index (χ1) is 13.9. The van der Waals surface area contributed by atoms with E-state index in [1.165, 1.54) is 4.90 Å². The van der Waals surface area contributed by atoms with E-state index in [2.05, 4.69) is 22.1 Å². The van der Waals surface area contributed by atoms with E-state index in [0.29, 0.717) is 44.8 Å². The summed E-state index contributed by atoms with van der Waals surface area (Å²) < 4.78 is 9.38. The van der Waals surface area contributed by atoms with Gasteiger partial charge >= 0.3 is 11.9 Å². The van der Waals surface area contributed by atoms with E-state index in [1.54, 1.807) is 9.80 Å². The smallest absolute Gasteiger partial charge is 0.320 e. The predicted molar refractivity (Wildman–Crippen MR) is 107 cm³/mol. The van der Waals surface area contributed by atoms with Crippen molar-refractivity contribution in [2.45, 2.75) is 25.8 Å². The number of thiol groups is 1. The molecule has 0 rings (SSSR count). The maximum absolute atomic E-state index is 11.8. The zero-order valence-corrected chi connectivity index (χ0v) is 17.5. The molecule has 0 aromatic carbocycles. The van der Waals surface area contributed by atoms with Crippen LogP contribution in [0.3, 0.4) is 0 Å². The average Bonchev–Trinajstić information content (AvgIpc) is 2.68. The average molecular weight is 438 g/mol. The van der Waals surface area contributed by atoms with Crippen LogP contribution in [0.25, 0.3) is 0 Å².